The first-order valence-corrected chi connectivity index (χ1v) is 9.11. The Morgan fingerprint density at radius 2 is 2.00 bits per heavy atom. The Kier molecular flexibility index (Phi) is 3.73. The third kappa shape index (κ3) is 2.75. The van der Waals surface area contributed by atoms with Crippen LogP contribution in [-0.2, 0) is 26.7 Å². The summed E-state index contributed by atoms with van der Waals surface area (Å²) < 4.78 is 23.4. The minimum absolute atomic E-state index is 0.0647. The summed E-state index contributed by atoms with van der Waals surface area (Å²) >= 11 is 0.669. The van der Waals surface area contributed by atoms with Gasteiger partial charge in [-0.05, 0) is 18.3 Å². The van der Waals surface area contributed by atoms with Gasteiger partial charge in [-0.1, -0.05) is 23.5 Å². The molecule has 0 aromatic carbocycles. The van der Waals surface area contributed by atoms with E-state index in [9.17, 15) is 23.1 Å². The van der Waals surface area contributed by atoms with Crippen LogP contribution in [0.1, 0.15) is 6.42 Å². The van der Waals surface area contributed by atoms with E-state index in [0.29, 0.717) is 17.8 Å². The number of amides is 1. The Morgan fingerprint density at radius 3 is 2.52 bits per heavy atom. The quantitative estimate of drug-likeness (QED) is 0.668. The van der Waals surface area contributed by atoms with Gasteiger partial charge in [0.15, 0.2) is 0 Å². The molecular weight excluding hydrogens is 344 g/mol. The van der Waals surface area contributed by atoms with Crippen LogP contribution in [0, 0.1) is 23.7 Å². The molecular formula is C12H14N4O5S2. The van der Waals surface area contributed by atoms with Crippen molar-refractivity contribution in [3.8, 4) is 0 Å². The lowest BCUT2D eigenvalue weighted by atomic mass is 9.82. The van der Waals surface area contributed by atoms with Gasteiger partial charge in [0.2, 0.25) is 9.14 Å². The minimum atomic E-state index is -3.98. The van der Waals surface area contributed by atoms with Gasteiger partial charge in [-0.3, -0.25) is 9.59 Å². The fourth-order valence-corrected chi connectivity index (χ4v) is 4.76. The average molecular weight is 358 g/mol. The van der Waals surface area contributed by atoms with E-state index in [4.69, 9.17) is 5.14 Å². The lowest BCUT2D eigenvalue weighted by molar-refractivity contribution is -0.147. The second-order valence-corrected chi connectivity index (χ2v) is 8.30. The van der Waals surface area contributed by atoms with Crippen LogP contribution in [0.15, 0.2) is 21.5 Å². The number of carbonyl (C=O) groups is 2. The van der Waals surface area contributed by atoms with Crippen LogP contribution in [0.25, 0.3) is 0 Å². The van der Waals surface area contributed by atoms with Crippen LogP contribution in [-0.4, -0.2) is 35.2 Å². The molecule has 1 aromatic heterocycles. The fraction of sp³-hybridized carbons (Fsp3) is 0.500. The molecule has 9 nitrogen and oxygen atoms in total. The van der Waals surface area contributed by atoms with Crippen molar-refractivity contribution in [2.24, 2.45) is 40.9 Å². The molecule has 2 aliphatic rings. The molecule has 0 aliphatic heterocycles. The number of carboxylic acid groups (broad SMARTS) is 1. The summed E-state index contributed by atoms with van der Waals surface area (Å²) in [4.78, 5) is 27.8. The van der Waals surface area contributed by atoms with Crippen LogP contribution in [0.3, 0.4) is 0 Å². The number of aliphatic carboxylic acids is 1. The van der Waals surface area contributed by atoms with E-state index in [0.717, 1.165) is 4.68 Å². The summed E-state index contributed by atoms with van der Waals surface area (Å²) in [6, 6.07) is 0. The van der Waals surface area contributed by atoms with Crippen molar-refractivity contribution in [2.75, 3.05) is 0 Å². The Morgan fingerprint density at radius 1 is 1.39 bits per heavy atom. The maximum Gasteiger partial charge on any atom is 0.307 e. The Labute approximate surface area is 135 Å². The SMILES string of the molecule is Cn1nc(S(N)(=O)=O)sc1=NC(=O)[C@H]1[C@@H](C(=O)O)[C@H]2C=C[C@@H]1C2. The van der Waals surface area contributed by atoms with Gasteiger partial charge in [-0.15, -0.1) is 5.10 Å². The highest BCUT2D eigenvalue weighted by atomic mass is 32.2. The molecule has 0 spiro atoms. The molecule has 124 valence electrons. The molecule has 23 heavy (non-hydrogen) atoms. The monoisotopic (exact) mass is 358 g/mol. The van der Waals surface area contributed by atoms with E-state index in [1.807, 2.05) is 12.2 Å². The van der Waals surface area contributed by atoms with Crippen molar-refractivity contribution in [3.63, 3.8) is 0 Å². The van der Waals surface area contributed by atoms with Gasteiger partial charge in [0, 0.05) is 7.05 Å². The molecule has 0 radical (unpaired) electrons. The number of hydrogen-bond donors (Lipinski definition) is 2. The largest absolute Gasteiger partial charge is 0.481 e. The van der Waals surface area contributed by atoms with E-state index in [2.05, 4.69) is 10.1 Å². The van der Waals surface area contributed by atoms with Crippen molar-refractivity contribution in [1.82, 2.24) is 9.78 Å². The molecule has 0 saturated heterocycles. The summed E-state index contributed by atoms with van der Waals surface area (Å²) in [5.74, 6) is -3.42. The molecule has 1 saturated carbocycles. The first-order valence-electron chi connectivity index (χ1n) is 6.75. The number of carboxylic acids is 1. The van der Waals surface area contributed by atoms with Gasteiger partial charge in [0.1, 0.15) is 0 Å². The van der Waals surface area contributed by atoms with Gasteiger partial charge >= 0.3 is 5.97 Å². The van der Waals surface area contributed by atoms with Crippen molar-refractivity contribution < 1.29 is 23.1 Å². The highest BCUT2D eigenvalue weighted by molar-refractivity contribution is 7.91. The van der Waals surface area contributed by atoms with Crippen molar-refractivity contribution in [3.05, 3.63) is 17.0 Å². The molecule has 1 amide bonds. The van der Waals surface area contributed by atoms with E-state index in [-0.39, 0.29) is 21.0 Å². The molecule has 3 N–H and O–H groups in total. The molecule has 1 fully saturated rings. The number of aryl methyl sites for hydroxylation is 1. The zero-order valence-electron chi connectivity index (χ0n) is 12.0. The average Bonchev–Trinajstić information content (AvgIpc) is 3.12. The number of fused-ring (bicyclic) bond motifs is 2. The number of rotatable bonds is 3. The van der Waals surface area contributed by atoms with Gasteiger partial charge in [-0.2, -0.15) is 4.99 Å². The van der Waals surface area contributed by atoms with E-state index >= 15 is 0 Å². The zero-order chi connectivity index (χ0) is 16.9. The number of nitrogens with zero attached hydrogens (tertiary/aromatic N) is 3. The van der Waals surface area contributed by atoms with E-state index in [1.165, 1.54) is 7.05 Å². The predicted molar refractivity (Wildman–Crippen MR) is 78.4 cm³/mol. The number of primary sulfonamides is 1. The Balaban J connectivity index is 1.97. The smallest absolute Gasteiger partial charge is 0.307 e. The van der Waals surface area contributed by atoms with Gasteiger partial charge < -0.3 is 5.11 Å². The Bertz CT molecular complexity index is 882. The minimum Gasteiger partial charge on any atom is -0.481 e. The summed E-state index contributed by atoms with van der Waals surface area (Å²) in [6.45, 7) is 0. The summed E-state index contributed by atoms with van der Waals surface area (Å²) in [7, 11) is -2.54. The van der Waals surface area contributed by atoms with Crippen LogP contribution in [0.5, 0.6) is 0 Å². The maximum atomic E-state index is 12.5. The number of nitrogens with two attached hydrogens (primary N) is 1. The number of carbonyl (C=O) groups excluding carboxylic acids is 1. The first kappa shape index (κ1) is 16.0. The van der Waals surface area contributed by atoms with Crippen molar-refractivity contribution in [2.45, 2.75) is 10.8 Å². The molecule has 1 aromatic rings. The number of aromatic nitrogens is 2. The molecule has 2 bridgehead atoms. The van der Waals surface area contributed by atoms with E-state index < -0.39 is 33.7 Å². The lowest BCUT2D eigenvalue weighted by Crippen LogP contribution is -2.33. The molecule has 2 aliphatic carbocycles. The molecule has 4 atom stereocenters. The van der Waals surface area contributed by atoms with Crippen LogP contribution in [0.4, 0.5) is 0 Å². The van der Waals surface area contributed by atoms with Crippen LogP contribution in [0.2, 0.25) is 0 Å². The number of sulfonamides is 1. The zero-order valence-corrected chi connectivity index (χ0v) is 13.6. The highest BCUT2D eigenvalue weighted by Gasteiger charge is 2.51. The Hall–Kier alpha value is -1.85. The van der Waals surface area contributed by atoms with Crippen LogP contribution >= 0.6 is 11.3 Å². The first-order chi connectivity index (χ1) is 10.7. The third-order valence-corrected chi connectivity index (χ3v) is 6.48. The molecule has 0 unspecified atom stereocenters. The summed E-state index contributed by atoms with van der Waals surface area (Å²) in [5.41, 5.74) is 0. The topological polar surface area (TPSA) is 145 Å². The standard InChI is InChI=1S/C12H14N4O5S2/c1-16-11(22-12(15-16)23(13,20)21)14-9(17)7-5-2-3-6(4-5)8(7)10(18)19/h2-3,5-8H,4H2,1H3,(H,18,19)(H2,13,20,21)/t5-,6+,7-,8+/m1/s1. The predicted octanol–water partition coefficient (Wildman–Crippen LogP) is -0.921. The van der Waals surface area contributed by atoms with Crippen LogP contribution < -0.4 is 9.94 Å². The van der Waals surface area contributed by atoms with E-state index in [1.54, 1.807) is 0 Å². The number of hydrogen-bond acceptors (Lipinski definition) is 6. The van der Waals surface area contributed by atoms with Gasteiger partial charge in [-0.25, -0.2) is 18.2 Å². The number of allylic oxidation sites excluding steroid dienone is 2. The second kappa shape index (κ2) is 5.35. The maximum absolute atomic E-state index is 12.5. The van der Waals surface area contributed by atoms with Crippen molar-refractivity contribution in [1.29, 1.82) is 0 Å². The highest BCUT2D eigenvalue weighted by Crippen LogP contribution is 2.48. The van der Waals surface area contributed by atoms with Crippen molar-refractivity contribution >= 4 is 33.2 Å². The lowest BCUT2D eigenvalue weighted by Gasteiger charge is -2.21. The molecule has 11 heteroatoms. The summed E-state index contributed by atoms with van der Waals surface area (Å²) in [5, 5.41) is 18.1. The van der Waals surface area contributed by atoms with Gasteiger partial charge in [0.05, 0.1) is 11.8 Å². The third-order valence-electron chi connectivity index (χ3n) is 4.17. The normalized spacial score (nSPS) is 30.1. The molecule has 3 rings (SSSR count). The fourth-order valence-electron chi connectivity index (χ4n) is 3.20. The second-order valence-electron chi connectivity index (χ2n) is 5.61. The van der Waals surface area contributed by atoms with Gasteiger partial charge in [0.25, 0.3) is 15.9 Å². The summed E-state index contributed by atoms with van der Waals surface area (Å²) in [6.07, 6.45) is 4.31. The molecule has 1 heterocycles.